The van der Waals surface area contributed by atoms with Crippen molar-refractivity contribution < 1.29 is 23.5 Å². The SMILES string of the molecule is O=C(O)c1cc(N2CCN(C(=O)c3ccco3)CC2)ccc1F. The molecule has 2 aromatic rings. The summed E-state index contributed by atoms with van der Waals surface area (Å²) in [5.41, 5.74) is 0.283. The van der Waals surface area contributed by atoms with E-state index in [0.717, 1.165) is 6.07 Å². The van der Waals surface area contributed by atoms with Gasteiger partial charge in [0.25, 0.3) is 5.91 Å². The lowest BCUT2D eigenvalue weighted by molar-refractivity contribution is 0.0690. The first-order valence-corrected chi connectivity index (χ1v) is 7.17. The minimum absolute atomic E-state index is 0.167. The number of hydrogen-bond donors (Lipinski definition) is 1. The van der Waals surface area contributed by atoms with Gasteiger partial charge in [-0.15, -0.1) is 0 Å². The Labute approximate surface area is 131 Å². The smallest absolute Gasteiger partial charge is 0.338 e. The van der Waals surface area contributed by atoms with E-state index in [1.54, 1.807) is 23.1 Å². The molecule has 23 heavy (non-hydrogen) atoms. The molecule has 0 atom stereocenters. The summed E-state index contributed by atoms with van der Waals surface area (Å²) in [6, 6.07) is 7.30. The van der Waals surface area contributed by atoms with Gasteiger partial charge in [0.2, 0.25) is 0 Å². The van der Waals surface area contributed by atoms with E-state index < -0.39 is 11.8 Å². The van der Waals surface area contributed by atoms with Crippen molar-refractivity contribution in [3.05, 3.63) is 53.7 Å². The predicted molar refractivity (Wildman–Crippen MR) is 80.2 cm³/mol. The minimum atomic E-state index is -1.30. The number of benzene rings is 1. The molecule has 1 aliphatic heterocycles. The number of carboxylic acid groups (broad SMARTS) is 1. The summed E-state index contributed by atoms with van der Waals surface area (Å²) in [5, 5.41) is 8.99. The van der Waals surface area contributed by atoms with Crippen molar-refractivity contribution >= 4 is 17.6 Å². The quantitative estimate of drug-likeness (QED) is 0.938. The van der Waals surface area contributed by atoms with Crippen LogP contribution in [0.5, 0.6) is 0 Å². The number of carbonyl (C=O) groups is 2. The number of hydrogen-bond acceptors (Lipinski definition) is 4. The molecule has 0 radical (unpaired) electrons. The second-order valence-electron chi connectivity index (χ2n) is 5.23. The Bertz CT molecular complexity index is 722. The lowest BCUT2D eigenvalue weighted by atomic mass is 10.1. The number of rotatable bonds is 3. The molecule has 0 spiro atoms. The zero-order valence-electron chi connectivity index (χ0n) is 12.2. The van der Waals surface area contributed by atoms with Crippen LogP contribution in [-0.4, -0.2) is 48.1 Å². The molecule has 7 heteroatoms. The second-order valence-corrected chi connectivity index (χ2v) is 5.23. The molecule has 1 N–H and O–H groups in total. The number of piperazine rings is 1. The average molecular weight is 318 g/mol. The molecular formula is C16H15FN2O4. The summed E-state index contributed by atoms with van der Waals surface area (Å²) < 4.78 is 18.6. The van der Waals surface area contributed by atoms with E-state index >= 15 is 0 Å². The van der Waals surface area contributed by atoms with Crippen molar-refractivity contribution in [2.24, 2.45) is 0 Å². The molecule has 3 rings (SSSR count). The van der Waals surface area contributed by atoms with E-state index in [4.69, 9.17) is 9.52 Å². The Kier molecular flexibility index (Phi) is 4.01. The molecule has 1 amide bonds. The highest BCUT2D eigenvalue weighted by Crippen LogP contribution is 2.21. The standard InChI is InChI=1S/C16H15FN2O4/c17-13-4-3-11(10-12(13)16(21)22)18-5-7-19(8-6-18)15(20)14-2-1-9-23-14/h1-4,9-10H,5-8H2,(H,21,22). The van der Waals surface area contributed by atoms with Gasteiger partial charge < -0.3 is 19.3 Å². The third-order valence-corrected chi connectivity index (χ3v) is 3.84. The number of aromatic carboxylic acids is 1. The number of carbonyl (C=O) groups excluding carboxylic acids is 1. The Morgan fingerprint density at radius 3 is 2.48 bits per heavy atom. The van der Waals surface area contributed by atoms with Crippen LogP contribution in [0.4, 0.5) is 10.1 Å². The van der Waals surface area contributed by atoms with Crippen LogP contribution in [0.15, 0.2) is 41.0 Å². The van der Waals surface area contributed by atoms with E-state index in [-0.39, 0.29) is 11.5 Å². The Hall–Kier alpha value is -2.83. The Balaban J connectivity index is 1.68. The van der Waals surface area contributed by atoms with Crippen molar-refractivity contribution in [3.8, 4) is 0 Å². The lowest BCUT2D eigenvalue weighted by Gasteiger charge is -2.35. The lowest BCUT2D eigenvalue weighted by Crippen LogP contribution is -2.48. The van der Waals surface area contributed by atoms with Crippen LogP contribution in [-0.2, 0) is 0 Å². The van der Waals surface area contributed by atoms with Gasteiger partial charge in [-0.05, 0) is 30.3 Å². The molecule has 0 aliphatic carbocycles. The summed E-state index contributed by atoms with van der Waals surface area (Å²) in [6.45, 7) is 2.05. The van der Waals surface area contributed by atoms with Gasteiger partial charge in [-0.2, -0.15) is 0 Å². The maximum Gasteiger partial charge on any atom is 0.338 e. The summed E-state index contributed by atoms with van der Waals surface area (Å²) >= 11 is 0. The predicted octanol–water partition coefficient (Wildman–Crippen LogP) is 2.08. The van der Waals surface area contributed by atoms with Crippen LogP contribution < -0.4 is 4.90 Å². The number of amides is 1. The fourth-order valence-corrected chi connectivity index (χ4v) is 2.60. The van der Waals surface area contributed by atoms with E-state index in [1.165, 1.54) is 12.3 Å². The number of furan rings is 1. The highest BCUT2D eigenvalue weighted by molar-refractivity contribution is 5.91. The third-order valence-electron chi connectivity index (χ3n) is 3.84. The number of halogens is 1. The van der Waals surface area contributed by atoms with Gasteiger partial charge >= 0.3 is 5.97 Å². The first kappa shape index (κ1) is 15.1. The van der Waals surface area contributed by atoms with Gasteiger partial charge in [0.1, 0.15) is 5.82 Å². The molecule has 1 fully saturated rings. The molecule has 120 valence electrons. The van der Waals surface area contributed by atoms with E-state index in [9.17, 15) is 14.0 Å². The summed E-state index contributed by atoms with van der Waals surface area (Å²) in [5.74, 6) is -1.92. The molecule has 0 unspecified atom stereocenters. The first-order valence-electron chi connectivity index (χ1n) is 7.17. The van der Waals surface area contributed by atoms with Crippen LogP contribution in [0, 0.1) is 5.82 Å². The van der Waals surface area contributed by atoms with E-state index in [1.807, 2.05) is 4.90 Å². The van der Waals surface area contributed by atoms with Gasteiger partial charge in [0, 0.05) is 31.9 Å². The van der Waals surface area contributed by atoms with Gasteiger partial charge in [-0.25, -0.2) is 9.18 Å². The topological polar surface area (TPSA) is 74.0 Å². The second kappa shape index (κ2) is 6.12. The summed E-state index contributed by atoms with van der Waals surface area (Å²) in [4.78, 5) is 26.8. The Morgan fingerprint density at radius 1 is 1.13 bits per heavy atom. The van der Waals surface area contributed by atoms with Gasteiger partial charge in [0.15, 0.2) is 5.76 Å². The van der Waals surface area contributed by atoms with Crippen LogP contribution >= 0.6 is 0 Å². The Morgan fingerprint density at radius 2 is 1.87 bits per heavy atom. The fourth-order valence-electron chi connectivity index (χ4n) is 2.60. The summed E-state index contributed by atoms with van der Waals surface area (Å²) in [7, 11) is 0. The summed E-state index contributed by atoms with van der Waals surface area (Å²) in [6.07, 6.45) is 1.45. The average Bonchev–Trinajstić information content (AvgIpc) is 3.09. The third kappa shape index (κ3) is 3.03. The molecule has 6 nitrogen and oxygen atoms in total. The number of carboxylic acids is 1. The van der Waals surface area contributed by atoms with Crippen LogP contribution in [0.3, 0.4) is 0 Å². The molecule has 1 saturated heterocycles. The molecule has 2 heterocycles. The van der Waals surface area contributed by atoms with Crippen molar-refractivity contribution in [2.45, 2.75) is 0 Å². The highest BCUT2D eigenvalue weighted by Gasteiger charge is 2.24. The van der Waals surface area contributed by atoms with Gasteiger partial charge in [0.05, 0.1) is 11.8 Å². The molecule has 1 aliphatic rings. The molecule has 0 bridgehead atoms. The van der Waals surface area contributed by atoms with Crippen molar-refractivity contribution in [2.75, 3.05) is 31.1 Å². The van der Waals surface area contributed by atoms with Crippen LogP contribution in [0.1, 0.15) is 20.9 Å². The zero-order chi connectivity index (χ0) is 16.4. The van der Waals surface area contributed by atoms with E-state index in [2.05, 4.69) is 0 Å². The molecule has 0 saturated carbocycles. The van der Waals surface area contributed by atoms with Crippen molar-refractivity contribution in [1.82, 2.24) is 4.90 Å². The number of nitrogens with zero attached hydrogens (tertiary/aromatic N) is 2. The maximum absolute atomic E-state index is 13.4. The molecule has 1 aromatic carbocycles. The van der Waals surface area contributed by atoms with Crippen molar-refractivity contribution in [1.29, 1.82) is 0 Å². The number of anilines is 1. The zero-order valence-corrected chi connectivity index (χ0v) is 12.2. The highest BCUT2D eigenvalue weighted by atomic mass is 19.1. The van der Waals surface area contributed by atoms with E-state index in [0.29, 0.717) is 37.6 Å². The molecule has 1 aromatic heterocycles. The molecular weight excluding hydrogens is 303 g/mol. The maximum atomic E-state index is 13.4. The van der Waals surface area contributed by atoms with Crippen LogP contribution in [0.2, 0.25) is 0 Å². The van der Waals surface area contributed by atoms with Crippen molar-refractivity contribution in [3.63, 3.8) is 0 Å². The minimum Gasteiger partial charge on any atom is -0.478 e. The largest absolute Gasteiger partial charge is 0.478 e. The van der Waals surface area contributed by atoms with Gasteiger partial charge in [-0.3, -0.25) is 4.79 Å². The fraction of sp³-hybridized carbons (Fsp3) is 0.250. The monoisotopic (exact) mass is 318 g/mol. The van der Waals surface area contributed by atoms with Crippen LogP contribution in [0.25, 0.3) is 0 Å². The van der Waals surface area contributed by atoms with Gasteiger partial charge in [-0.1, -0.05) is 0 Å². The normalized spacial score (nSPS) is 14.8. The first-order chi connectivity index (χ1) is 11.1.